The molecule has 1 fully saturated rings. The molecule has 0 aliphatic carbocycles. The van der Waals surface area contributed by atoms with E-state index in [1.165, 1.54) is 21.8 Å². The van der Waals surface area contributed by atoms with Crippen molar-refractivity contribution in [2.75, 3.05) is 13.2 Å². The van der Waals surface area contributed by atoms with Gasteiger partial charge in [0.1, 0.15) is 18.4 Å². The van der Waals surface area contributed by atoms with Gasteiger partial charge in [-0.3, -0.25) is 19.1 Å². The van der Waals surface area contributed by atoms with E-state index in [9.17, 15) is 19.5 Å². The molecule has 2 heterocycles. The molecule has 9 nitrogen and oxygen atoms in total. The molecule has 0 saturated carbocycles. The molecule has 0 amide bonds. The molecular weight excluding hydrogens is 422 g/mol. The van der Waals surface area contributed by atoms with Crippen LogP contribution in [0.4, 0.5) is 0 Å². The molecule has 10 heteroatoms. The largest absolute Gasteiger partial charge is 0.459 e. The lowest BCUT2D eigenvalue weighted by Gasteiger charge is -2.16. The number of aliphatic hydroxyl groups is 1. The van der Waals surface area contributed by atoms with Crippen LogP contribution in [0.2, 0.25) is 0 Å². The first kappa shape index (κ1) is 21.5. The molecule has 0 unspecified atom stereocenters. The fourth-order valence-electron chi connectivity index (χ4n) is 2.88. The fourth-order valence-corrected chi connectivity index (χ4v) is 3.16. The lowest BCUT2D eigenvalue weighted by molar-refractivity contribution is -0.153. The first-order chi connectivity index (χ1) is 13.0. The number of aromatic nitrogens is 2. The van der Waals surface area contributed by atoms with E-state index in [0.717, 1.165) is 12.8 Å². The van der Waals surface area contributed by atoms with Gasteiger partial charge in [0.15, 0.2) is 0 Å². The highest BCUT2D eigenvalue weighted by Gasteiger charge is 2.39. The topological polar surface area (TPSA) is 137 Å². The maximum Gasteiger partial charge on any atom is 0.330 e. The van der Waals surface area contributed by atoms with Crippen LogP contribution in [0.1, 0.15) is 43.9 Å². The Morgan fingerprint density at radius 2 is 2.22 bits per heavy atom. The van der Waals surface area contributed by atoms with Crippen molar-refractivity contribution in [3.8, 4) is 0 Å². The highest BCUT2D eigenvalue weighted by atomic mass is 79.9. The number of carbonyl (C=O) groups excluding carboxylic acids is 1. The summed E-state index contributed by atoms with van der Waals surface area (Å²) in [6, 6.07) is 0. The van der Waals surface area contributed by atoms with Gasteiger partial charge in [0.05, 0.1) is 12.2 Å². The summed E-state index contributed by atoms with van der Waals surface area (Å²) < 4.78 is 12.3. The molecule has 1 aromatic heterocycles. The lowest BCUT2D eigenvalue weighted by atomic mass is 10.1. The van der Waals surface area contributed by atoms with Crippen LogP contribution in [0.15, 0.2) is 20.8 Å². The van der Waals surface area contributed by atoms with Gasteiger partial charge in [-0.1, -0.05) is 22.4 Å². The van der Waals surface area contributed by atoms with Crippen molar-refractivity contribution in [2.45, 2.75) is 50.5 Å². The molecule has 1 saturated heterocycles. The number of nitrogens with two attached hydrogens (primary N) is 1. The quantitative estimate of drug-likeness (QED) is 0.374. The van der Waals surface area contributed by atoms with Crippen molar-refractivity contribution < 1.29 is 19.4 Å². The Bertz CT molecular complexity index is 775. The van der Waals surface area contributed by atoms with Crippen LogP contribution in [-0.4, -0.2) is 46.0 Å². The van der Waals surface area contributed by atoms with Crippen molar-refractivity contribution in [3.05, 3.63) is 37.6 Å². The molecule has 0 spiro atoms. The second-order valence-electron chi connectivity index (χ2n) is 6.22. The molecule has 2 rings (SSSR count). The first-order valence-electron chi connectivity index (χ1n) is 8.78. The van der Waals surface area contributed by atoms with Crippen molar-refractivity contribution in [1.82, 2.24) is 9.55 Å². The number of H-pyrrole nitrogens is 1. The monoisotopic (exact) mass is 445 g/mol. The number of hydrogen-bond donors (Lipinski definition) is 3. The number of halogens is 1. The summed E-state index contributed by atoms with van der Waals surface area (Å²) in [4.78, 5) is 39.6. The first-order valence-corrected chi connectivity index (χ1v) is 9.69. The number of rotatable bonds is 9. The summed E-state index contributed by atoms with van der Waals surface area (Å²) in [6.45, 7) is 0.230. The summed E-state index contributed by atoms with van der Waals surface area (Å²) in [7, 11) is 0. The van der Waals surface area contributed by atoms with Gasteiger partial charge in [0, 0.05) is 19.0 Å². The van der Waals surface area contributed by atoms with E-state index in [1.54, 1.807) is 0 Å². The van der Waals surface area contributed by atoms with Crippen LogP contribution < -0.4 is 17.0 Å². The number of nitrogens with one attached hydrogen (secondary N) is 1. The minimum Gasteiger partial charge on any atom is -0.459 e. The van der Waals surface area contributed by atoms with Gasteiger partial charge in [-0.05, 0) is 30.4 Å². The zero-order valence-corrected chi connectivity index (χ0v) is 16.4. The van der Waals surface area contributed by atoms with Gasteiger partial charge in [-0.25, -0.2) is 4.79 Å². The Hall–Kier alpha value is -1.75. The Kier molecular flexibility index (Phi) is 8.42. The standard InChI is InChI=1S/C17H24BrN3O6/c18-6-5-11-9-21(17(25)20-16(11)24)14-8-12(13(10-22)26-14)27-15(23)4-2-1-3-7-19/h5-6,9,12-14,22H,1-4,7-8,10,19H2,(H,20,24,25)/b6-5+/t12-,13+,14+/m0/s1. The summed E-state index contributed by atoms with van der Waals surface area (Å²) in [5, 5.41) is 9.52. The molecule has 4 N–H and O–H groups in total. The Morgan fingerprint density at radius 3 is 2.89 bits per heavy atom. The number of esters is 1. The summed E-state index contributed by atoms with van der Waals surface area (Å²) in [5.41, 5.74) is 4.52. The molecule has 0 radical (unpaired) electrons. The predicted octanol–water partition coefficient (Wildman–Crippen LogP) is 0.613. The van der Waals surface area contributed by atoms with Crippen molar-refractivity contribution in [1.29, 1.82) is 0 Å². The van der Waals surface area contributed by atoms with Gasteiger partial charge in [-0.15, -0.1) is 0 Å². The van der Waals surface area contributed by atoms with Crippen molar-refractivity contribution >= 4 is 28.0 Å². The van der Waals surface area contributed by atoms with Crippen LogP contribution >= 0.6 is 15.9 Å². The lowest BCUT2D eigenvalue weighted by Crippen LogP contribution is -2.33. The van der Waals surface area contributed by atoms with Gasteiger partial charge in [0.2, 0.25) is 0 Å². The zero-order chi connectivity index (χ0) is 19.8. The average Bonchev–Trinajstić information content (AvgIpc) is 3.03. The van der Waals surface area contributed by atoms with Gasteiger partial charge < -0.3 is 20.3 Å². The normalized spacial score (nSPS) is 22.4. The molecule has 0 aromatic carbocycles. The third-order valence-corrected chi connectivity index (χ3v) is 4.54. The molecule has 1 aromatic rings. The third kappa shape index (κ3) is 5.86. The van der Waals surface area contributed by atoms with E-state index in [4.69, 9.17) is 15.2 Å². The number of aliphatic hydroxyl groups excluding tert-OH is 1. The van der Waals surface area contributed by atoms with E-state index in [2.05, 4.69) is 20.9 Å². The molecule has 150 valence electrons. The van der Waals surface area contributed by atoms with E-state index in [-0.39, 0.29) is 31.0 Å². The maximum atomic E-state index is 12.1. The third-order valence-electron chi connectivity index (χ3n) is 4.28. The van der Waals surface area contributed by atoms with E-state index in [1.807, 2.05) is 0 Å². The minimum absolute atomic E-state index is 0.198. The predicted molar refractivity (Wildman–Crippen MR) is 102 cm³/mol. The Morgan fingerprint density at radius 1 is 1.44 bits per heavy atom. The highest BCUT2D eigenvalue weighted by molar-refractivity contribution is 9.11. The molecule has 1 aliphatic heterocycles. The van der Waals surface area contributed by atoms with Gasteiger partial charge >= 0.3 is 11.7 Å². The number of aromatic amines is 1. The van der Waals surface area contributed by atoms with Crippen LogP contribution in [0, 0.1) is 0 Å². The summed E-state index contributed by atoms with van der Waals surface area (Å²) in [6.07, 6.45) is 3.52. The highest BCUT2D eigenvalue weighted by Crippen LogP contribution is 2.30. The van der Waals surface area contributed by atoms with Gasteiger partial charge in [0.25, 0.3) is 5.56 Å². The smallest absolute Gasteiger partial charge is 0.330 e. The fraction of sp³-hybridized carbons (Fsp3) is 0.588. The van der Waals surface area contributed by atoms with Crippen LogP contribution in [0.3, 0.4) is 0 Å². The van der Waals surface area contributed by atoms with E-state index >= 15 is 0 Å². The van der Waals surface area contributed by atoms with Crippen LogP contribution in [0.5, 0.6) is 0 Å². The minimum atomic E-state index is -0.760. The second-order valence-corrected chi connectivity index (χ2v) is 6.75. The summed E-state index contributed by atoms with van der Waals surface area (Å²) >= 11 is 3.09. The molecule has 27 heavy (non-hydrogen) atoms. The molecule has 1 aliphatic rings. The number of nitrogens with zero attached hydrogens (tertiary/aromatic N) is 1. The number of unbranched alkanes of at least 4 members (excludes halogenated alkanes) is 2. The van der Waals surface area contributed by atoms with E-state index < -0.39 is 29.7 Å². The van der Waals surface area contributed by atoms with Crippen LogP contribution in [-0.2, 0) is 14.3 Å². The SMILES string of the molecule is NCCCCCC(=O)O[C@H]1C[C@H](n2cc(/C=C/Br)c(=O)[nH]c2=O)O[C@@H]1CO. The summed E-state index contributed by atoms with van der Waals surface area (Å²) in [5.74, 6) is -0.378. The van der Waals surface area contributed by atoms with Crippen molar-refractivity contribution in [3.63, 3.8) is 0 Å². The maximum absolute atomic E-state index is 12.1. The van der Waals surface area contributed by atoms with Crippen molar-refractivity contribution in [2.24, 2.45) is 5.73 Å². The molecule has 0 bridgehead atoms. The number of carbonyl (C=O) groups is 1. The zero-order valence-electron chi connectivity index (χ0n) is 14.8. The Labute approximate surface area is 164 Å². The number of ether oxygens (including phenoxy) is 2. The van der Waals surface area contributed by atoms with Gasteiger partial charge in [-0.2, -0.15) is 0 Å². The van der Waals surface area contributed by atoms with Crippen LogP contribution in [0.25, 0.3) is 6.08 Å². The van der Waals surface area contributed by atoms with E-state index in [0.29, 0.717) is 13.0 Å². The Balaban J connectivity index is 2.07. The molecular formula is C17H24BrN3O6. The second kappa shape index (κ2) is 10.5. The number of hydrogen-bond acceptors (Lipinski definition) is 7. The molecule has 3 atom stereocenters. The average molecular weight is 446 g/mol.